The third-order valence-electron chi connectivity index (χ3n) is 4.89. The van der Waals surface area contributed by atoms with Gasteiger partial charge in [0.05, 0.1) is 13.2 Å². The average molecular weight is 335 g/mol. The number of H-pyrrole nitrogens is 1. The minimum absolute atomic E-state index is 0.0451. The van der Waals surface area contributed by atoms with Crippen LogP contribution in [0, 0.1) is 0 Å². The number of rotatable bonds is 3. The zero-order valence-corrected chi connectivity index (χ0v) is 14.2. The summed E-state index contributed by atoms with van der Waals surface area (Å²) in [4.78, 5) is 22.6. The Bertz CT molecular complexity index is 888. The number of methoxy groups -OCH3 is 1. The monoisotopic (exact) mass is 335 g/mol. The molecule has 3 heterocycles. The molecule has 128 valence electrons. The fourth-order valence-electron chi connectivity index (χ4n) is 3.60. The summed E-state index contributed by atoms with van der Waals surface area (Å²) in [5.74, 6) is 0.822. The van der Waals surface area contributed by atoms with E-state index in [9.17, 15) is 4.79 Å². The van der Waals surface area contributed by atoms with E-state index in [0.29, 0.717) is 5.69 Å². The molecule has 4 rings (SSSR count). The third kappa shape index (κ3) is 2.97. The SMILES string of the molecule is COc1ccc2cc(C(=O)N3CCCCC3c3cccnc3)[nH]c2c1. The topological polar surface area (TPSA) is 58.2 Å². The van der Waals surface area contributed by atoms with Gasteiger partial charge >= 0.3 is 0 Å². The Hall–Kier alpha value is -2.82. The molecule has 0 saturated carbocycles. The van der Waals surface area contributed by atoms with Crippen molar-refractivity contribution in [3.8, 4) is 5.75 Å². The number of pyridine rings is 1. The number of fused-ring (bicyclic) bond motifs is 1. The van der Waals surface area contributed by atoms with Gasteiger partial charge in [-0.2, -0.15) is 0 Å². The van der Waals surface area contributed by atoms with Gasteiger partial charge in [-0.05, 0) is 49.1 Å². The largest absolute Gasteiger partial charge is 0.497 e. The van der Waals surface area contributed by atoms with Crippen molar-refractivity contribution in [2.75, 3.05) is 13.7 Å². The van der Waals surface area contributed by atoms with E-state index in [4.69, 9.17) is 4.74 Å². The van der Waals surface area contributed by atoms with Crippen molar-refractivity contribution >= 4 is 16.8 Å². The van der Waals surface area contributed by atoms with Gasteiger partial charge in [0.15, 0.2) is 0 Å². The Morgan fingerprint density at radius 1 is 1.28 bits per heavy atom. The summed E-state index contributed by atoms with van der Waals surface area (Å²) in [6.45, 7) is 0.775. The maximum absolute atomic E-state index is 13.2. The number of aromatic amines is 1. The fraction of sp³-hybridized carbons (Fsp3) is 0.300. The molecule has 0 spiro atoms. The quantitative estimate of drug-likeness (QED) is 0.789. The maximum atomic E-state index is 13.2. The summed E-state index contributed by atoms with van der Waals surface area (Å²) in [6, 6.07) is 11.8. The van der Waals surface area contributed by atoms with Gasteiger partial charge in [0, 0.05) is 35.9 Å². The Morgan fingerprint density at radius 3 is 3.00 bits per heavy atom. The molecular weight excluding hydrogens is 314 g/mol. The van der Waals surface area contributed by atoms with Gasteiger partial charge in [0.1, 0.15) is 11.4 Å². The highest BCUT2D eigenvalue weighted by molar-refractivity contribution is 5.98. The molecule has 3 aromatic rings. The van der Waals surface area contributed by atoms with Crippen molar-refractivity contribution in [1.29, 1.82) is 0 Å². The van der Waals surface area contributed by atoms with Crippen molar-refractivity contribution in [1.82, 2.24) is 14.9 Å². The van der Waals surface area contributed by atoms with Gasteiger partial charge in [-0.15, -0.1) is 0 Å². The number of ether oxygens (including phenoxy) is 1. The van der Waals surface area contributed by atoms with Gasteiger partial charge in [-0.3, -0.25) is 9.78 Å². The first-order valence-corrected chi connectivity index (χ1v) is 8.64. The van der Waals surface area contributed by atoms with E-state index in [-0.39, 0.29) is 11.9 Å². The Balaban J connectivity index is 1.66. The number of nitrogens with zero attached hydrogens (tertiary/aromatic N) is 2. The molecule has 1 unspecified atom stereocenters. The molecule has 1 saturated heterocycles. The van der Waals surface area contributed by atoms with Crippen LogP contribution in [-0.2, 0) is 0 Å². The average Bonchev–Trinajstić information content (AvgIpc) is 3.11. The van der Waals surface area contributed by atoms with E-state index in [2.05, 4.69) is 16.0 Å². The molecule has 1 amide bonds. The number of carbonyl (C=O) groups is 1. The lowest BCUT2D eigenvalue weighted by Gasteiger charge is -2.35. The van der Waals surface area contributed by atoms with Gasteiger partial charge < -0.3 is 14.6 Å². The van der Waals surface area contributed by atoms with Crippen molar-refractivity contribution in [3.63, 3.8) is 0 Å². The molecule has 1 fully saturated rings. The predicted octanol–water partition coefficient (Wildman–Crippen LogP) is 3.94. The fourth-order valence-corrected chi connectivity index (χ4v) is 3.60. The van der Waals surface area contributed by atoms with Crippen LogP contribution < -0.4 is 4.74 Å². The highest BCUT2D eigenvalue weighted by Crippen LogP contribution is 2.32. The minimum atomic E-state index is 0.0451. The van der Waals surface area contributed by atoms with Crippen molar-refractivity contribution < 1.29 is 9.53 Å². The first-order chi connectivity index (χ1) is 12.3. The Morgan fingerprint density at radius 2 is 2.20 bits per heavy atom. The van der Waals surface area contributed by atoms with Gasteiger partial charge in [0.25, 0.3) is 5.91 Å². The second kappa shape index (κ2) is 6.59. The van der Waals surface area contributed by atoms with Crippen LogP contribution >= 0.6 is 0 Å². The molecule has 25 heavy (non-hydrogen) atoms. The molecule has 0 aliphatic carbocycles. The molecular formula is C20H21N3O2. The standard InChI is InChI=1S/C20H21N3O2/c1-25-16-8-7-14-11-18(22-17(14)12-16)20(24)23-10-3-2-6-19(23)15-5-4-9-21-13-15/h4-5,7-9,11-13,19,22H,2-3,6,10H2,1H3. The lowest BCUT2D eigenvalue weighted by atomic mass is 9.96. The van der Waals surface area contributed by atoms with Crippen LogP contribution in [-0.4, -0.2) is 34.4 Å². The summed E-state index contributed by atoms with van der Waals surface area (Å²) in [5, 5.41) is 1.01. The Labute approximate surface area is 146 Å². The smallest absolute Gasteiger partial charge is 0.270 e. The summed E-state index contributed by atoms with van der Waals surface area (Å²) >= 11 is 0. The van der Waals surface area contributed by atoms with E-state index in [0.717, 1.165) is 48.0 Å². The highest BCUT2D eigenvalue weighted by atomic mass is 16.5. The number of likely N-dealkylation sites (tertiary alicyclic amines) is 1. The zero-order chi connectivity index (χ0) is 17.2. The highest BCUT2D eigenvalue weighted by Gasteiger charge is 2.29. The maximum Gasteiger partial charge on any atom is 0.270 e. The Kier molecular flexibility index (Phi) is 4.14. The molecule has 5 heteroatoms. The summed E-state index contributed by atoms with van der Waals surface area (Å²) in [5.41, 5.74) is 2.64. The minimum Gasteiger partial charge on any atom is -0.497 e. The molecule has 0 bridgehead atoms. The van der Waals surface area contributed by atoms with Crippen LogP contribution in [0.4, 0.5) is 0 Å². The lowest BCUT2D eigenvalue weighted by Crippen LogP contribution is -2.38. The first kappa shape index (κ1) is 15.7. The van der Waals surface area contributed by atoms with Gasteiger partial charge in [0.2, 0.25) is 0 Å². The molecule has 1 aliphatic heterocycles. The molecule has 5 nitrogen and oxygen atoms in total. The summed E-state index contributed by atoms with van der Waals surface area (Å²) < 4.78 is 5.26. The van der Waals surface area contributed by atoms with Crippen molar-refractivity contribution in [3.05, 3.63) is 60.0 Å². The zero-order valence-electron chi connectivity index (χ0n) is 14.2. The van der Waals surface area contributed by atoms with Crippen LogP contribution in [0.15, 0.2) is 48.8 Å². The summed E-state index contributed by atoms with van der Waals surface area (Å²) in [6.07, 6.45) is 6.78. The van der Waals surface area contributed by atoms with Crippen LogP contribution in [0.2, 0.25) is 0 Å². The third-order valence-corrected chi connectivity index (χ3v) is 4.89. The number of amides is 1. The van der Waals surface area contributed by atoms with E-state index < -0.39 is 0 Å². The van der Waals surface area contributed by atoms with Crippen LogP contribution in [0.1, 0.15) is 41.4 Å². The molecule has 0 radical (unpaired) electrons. The molecule has 1 atom stereocenters. The number of piperidine rings is 1. The van der Waals surface area contributed by atoms with E-state index >= 15 is 0 Å². The molecule has 2 aromatic heterocycles. The second-order valence-electron chi connectivity index (χ2n) is 6.43. The molecule has 1 N–H and O–H groups in total. The number of aromatic nitrogens is 2. The predicted molar refractivity (Wildman–Crippen MR) is 96.7 cm³/mol. The number of hydrogen-bond acceptors (Lipinski definition) is 3. The number of carbonyl (C=O) groups excluding carboxylic acids is 1. The van der Waals surface area contributed by atoms with E-state index in [1.54, 1.807) is 13.3 Å². The number of nitrogens with one attached hydrogen (secondary N) is 1. The van der Waals surface area contributed by atoms with Gasteiger partial charge in [-0.1, -0.05) is 6.07 Å². The van der Waals surface area contributed by atoms with Gasteiger partial charge in [-0.25, -0.2) is 0 Å². The normalized spacial score (nSPS) is 17.6. The van der Waals surface area contributed by atoms with E-state index in [1.165, 1.54) is 0 Å². The number of benzene rings is 1. The van der Waals surface area contributed by atoms with E-state index in [1.807, 2.05) is 41.4 Å². The molecule has 1 aromatic carbocycles. The van der Waals surface area contributed by atoms with Crippen LogP contribution in [0.5, 0.6) is 5.75 Å². The second-order valence-corrected chi connectivity index (χ2v) is 6.43. The number of hydrogen-bond donors (Lipinski definition) is 1. The van der Waals surface area contributed by atoms with Crippen LogP contribution in [0.3, 0.4) is 0 Å². The first-order valence-electron chi connectivity index (χ1n) is 8.64. The van der Waals surface area contributed by atoms with Crippen LogP contribution in [0.25, 0.3) is 10.9 Å². The lowest BCUT2D eigenvalue weighted by molar-refractivity contribution is 0.0606. The molecule has 1 aliphatic rings. The van der Waals surface area contributed by atoms with Crippen molar-refractivity contribution in [2.45, 2.75) is 25.3 Å². The van der Waals surface area contributed by atoms with Crippen molar-refractivity contribution in [2.24, 2.45) is 0 Å². The summed E-state index contributed by atoms with van der Waals surface area (Å²) in [7, 11) is 1.64.